The van der Waals surface area contributed by atoms with Crippen molar-refractivity contribution in [2.45, 2.75) is 64.5 Å². The lowest BCUT2D eigenvalue weighted by Gasteiger charge is -2.31. The van der Waals surface area contributed by atoms with Crippen LogP contribution in [0.4, 0.5) is 14.9 Å². The molecule has 3 aromatic rings. The van der Waals surface area contributed by atoms with E-state index in [2.05, 4.69) is 27.7 Å². The van der Waals surface area contributed by atoms with Crippen LogP contribution < -0.4 is 30.4 Å². The number of ether oxygens (including phenoxy) is 3. The van der Waals surface area contributed by atoms with Crippen LogP contribution in [0.2, 0.25) is 0 Å². The van der Waals surface area contributed by atoms with Gasteiger partial charge in [0.15, 0.2) is 17.3 Å². The van der Waals surface area contributed by atoms with Gasteiger partial charge in [-0.15, -0.1) is 0 Å². The zero-order chi connectivity index (χ0) is 34.7. The minimum Gasteiger partial charge on any atom is -0.488 e. The Labute approximate surface area is 289 Å². The molecule has 1 aromatic heterocycles. The molecule has 2 amide bonds. The molecule has 2 aromatic carbocycles. The van der Waals surface area contributed by atoms with E-state index >= 15 is 4.39 Å². The second kappa shape index (κ2) is 12.5. The lowest BCUT2D eigenvalue weighted by molar-refractivity contribution is 0.0508. The Balaban J connectivity index is 1.21. The molecular weight excluding hydrogens is 641 g/mol. The number of benzene rings is 2. The summed E-state index contributed by atoms with van der Waals surface area (Å²) in [7, 11) is 0. The number of rotatable bonds is 6. The molecule has 1 aliphatic carbocycles. The monoisotopic (exact) mass is 683 g/mol. The number of aromatic nitrogens is 1. The number of pyridine rings is 1. The number of fused-ring (bicyclic) bond motifs is 4. The highest BCUT2D eigenvalue weighted by Gasteiger charge is 2.35. The van der Waals surface area contributed by atoms with Crippen molar-refractivity contribution in [2.75, 3.05) is 50.8 Å². The molecule has 0 saturated carbocycles. The predicted molar refractivity (Wildman–Crippen MR) is 188 cm³/mol. The smallest absolute Gasteiger partial charge is 0.407 e. The van der Waals surface area contributed by atoms with Gasteiger partial charge in [0.1, 0.15) is 34.7 Å². The van der Waals surface area contributed by atoms with Gasteiger partial charge in [-0.25, -0.2) is 9.18 Å². The molecular formula is C38H42FN5O6. The average Bonchev–Trinajstić information content (AvgIpc) is 3.76. The average molecular weight is 684 g/mol. The molecule has 0 radical (unpaired) electrons. The van der Waals surface area contributed by atoms with Gasteiger partial charge in [0.25, 0.3) is 5.91 Å². The van der Waals surface area contributed by atoms with Crippen molar-refractivity contribution in [1.82, 2.24) is 20.1 Å². The van der Waals surface area contributed by atoms with E-state index in [1.807, 2.05) is 17.0 Å². The zero-order valence-corrected chi connectivity index (χ0v) is 28.7. The van der Waals surface area contributed by atoms with Crippen molar-refractivity contribution in [2.24, 2.45) is 0 Å². The second-order valence-electron chi connectivity index (χ2n) is 14.7. The fourth-order valence-corrected chi connectivity index (χ4v) is 7.74. The number of carbonyl (C=O) groups excluding carboxylic acids is 2. The lowest BCUT2D eigenvalue weighted by atomic mass is 9.89. The van der Waals surface area contributed by atoms with E-state index in [1.165, 1.54) is 11.6 Å². The van der Waals surface area contributed by atoms with Crippen molar-refractivity contribution >= 4 is 34.2 Å². The van der Waals surface area contributed by atoms with Crippen molar-refractivity contribution in [1.29, 1.82) is 0 Å². The molecule has 0 spiro atoms. The maximum absolute atomic E-state index is 16.4. The van der Waals surface area contributed by atoms with Gasteiger partial charge < -0.3 is 39.2 Å². The van der Waals surface area contributed by atoms with Crippen LogP contribution in [0.15, 0.2) is 46.9 Å². The van der Waals surface area contributed by atoms with Crippen LogP contribution in [-0.2, 0) is 4.74 Å². The van der Waals surface area contributed by atoms with Crippen LogP contribution in [0.25, 0.3) is 22.2 Å². The second-order valence-corrected chi connectivity index (χ2v) is 14.7. The summed E-state index contributed by atoms with van der Waals surface area (Å²) in [5.74, 6) is 0.116. The van der Waals surface area contributed by atoms with Gasteiger partial charge >= 0.3 is 6.09 Å². The van der Waals surface area contributed by atoms with Crippen LogP contribution in [0.5, 0.6) is 17.2 Å². The van der Waals surface area contributed by atoms with E-state index in [1.54, 1.807) is 31.5 Å². The number of nitrogens with zero attached hydrogens (tertiary/aromatic N) is 3. The Morgan fingerprint density at radius 2 is 1.92 bits per heavy atom. The largest absolute Gasteiger partial charge is 0.488 e. The number of hydrogen-bond acceptors (Lipinski definition) is 8. The topological polar surface area (TPSA) is 114 Å². The first-order valence-corrected chi connectivity index (χ1v) is 17.6. The summed E-state index contributed by atoms with van der Waals surface area (Å²) in [6, 6.07) is 4.73. The number of hydrogen-bond donors (Lipinski definition) is 2. The zero-order valence-electron chi connectivity index (χ0n) is 28.7. The number of likely N-dealkylation sites (tertiary alicyclic amines) is 1. The third-order valence-electron chi connectivity index (χ3n) is 10.1. The molecule has 2 saturated heterocycles. The van der Waals surface area contributed by atoms with Crippen LogP contribution in [0.1, 0.15) is 68.8 Å². The van der Waals surface area contributed by atoms with E-state index in [4.69, 9.17) is 14.2 Å². The van der Waals surface area contributed by atoms with Crippen LogP contribution in [-0.4, -0.2) is 79.0 Å². The summed E-state index contributed by atoms with van der Waals surface area (Å²) in [6.07, 6.45) is 9.90. The van der Waals surface area contributed by atoms with Crippen molar-refractivity contribution in [3.8, 4) is 22.9 Å². The quantitative estimate of drug-likeness (QED) is 0.268. The minimum absolute atomic E-state index is 0.0520. The maximum Gasteiger partial charge on any atom is 0.407 e. The highest BCUT2D eigenvalue weighted by molar-refractivity contribution is 6.01. The molecule has 0 unspecified atom stereocenters. The molecule has 12 heteroatoms. The highest BCUT2D eigenvalue weighted by atomic mass is 19.1. The Kier molecular flexibility index (Phi) is 8.08. The maximum atomic E-state index is 16.4. The third kappa shape index (κ3) is 5.89. The van der Waals surface area contributed by atoms with Crippen molar-refractivity contribution in [3.05, 3.63) is 69.3 Å². The summed E-state index contributed by atoms with van der Waals surface area (Å²) in [4.78, 5) is 44.3. The fraction of sp³-hybridized carbons (Fsp3) is 0.447. The fourth-order valence-electron chi connectivity index (χ4n) is 7.74. The van der Waals surface area contributed by atoms with Gasteiger partial charge in [-0.05, 0) is 89.2 Å². The highest BCUT2D eigenvalue weighted by Crippen LogP contribution is 2.50. The normalized spacial score (nSPS) is 19.4. The first-order chi connectivity index (χ1) is 24.0. The summed E-state index contributed by atoms with van der Waals surface area (Å²) in [6.45, 7) is 9.67. The third-order valence-corrected chi connectivity index (χ3v) is 10.1. The van der Waals surface area contributed by atoms with Gasteiger partial charge in [0.05, 0.1) is 17.1 Å². The molecule has 8 rings (SSSR count). The molecule has 2 fully saturated rings. The van der Waals surface area contributed by atoms with Crippen molar-refractivity contribution < 1.29 is 28.2 Å². The van der Waals surface area contributed by atoms with Gasteiger partial charge in [-0.3, -0.25) is 9.59 Å². The Bertz CT molecular complexity index is 2040. The summed E-state index contributed by atoms with van der Waals surface area (Å²) < 4.78 is 36.4. The number of allylic oxidation sites excluding steroid dienone is 2. The summed E-state index contributed by atoms with van der Waals surface area (Å²) in [5, 5.41) is 5.87. The number of halogens is 1. The number of amides is 2. The molecule has 5 heterocycles. The summed E-state index contributed by atoms with van der Waals surface area (Å²) in [5.41, 5.74) is 3.16. The molecule has 4 aliphatic heterocycles. The summed E-state index contributed by atoms with van der Waals surface area (Å²) >= 11 is 0. The number of alkyl carbamates (subject to hydrolysis) is 1. The van der Waals surface area contributed by atoms with Crippen LogP contribution in [0, 0.1) is 5.82 Å². The van der Waals surface area contributed by atoms with Gasteiger partial charge in [0.2, 0.25) is 5.43 Å². The molecule has 2 N–H and O–H groups in total. The van der Waals surface area contributed by atoms with Gasteiger partial charge in [0, 0.05) is 44.0 Å². The predicted octanol–water partition coefficient (Wildman–Crippen LogP) is 5.66. The lowest BCUT2D eigenvalue weighted by Crippen LogP contribution is -2.40. The molecule has 1 atom stereocenters. The van der Waals surface area contributed by atoms with E-state index in [0.717, 1.165) is 49.9 Å². The van der Waals surface area contributed by atoms with Crippen molar-refractivity contribution in [3.63, 3.8) is 0 Å². The van der Waals surface area contributed by atoms with E-state index in [9.17, 15) is 14.4 Å². The SMILES string of the molecule is CC(C)(C)OC(=O)N[C@H]1CCN(c2c(F)cc3c(=O)c(C(=O)NCCN4CCCC4)cn4c3c2Oc2cc3c(cc2-4)C2=C(C=CCC2)CO3)C1. The standard InChI is InChI=1S/C38H42FN5O6/c1-38(2,3)50-37(47)41-23-10-14-43(19-23)33-28(39)16-26-32-35(33)49-31-18-30-25(24-9-5-4-8-22(24)21-48-30)17-29(31)44(32)20-27(34(26)45)36(46)40-11-15-42-12-6-7-13-42/h4,8,16-18,20,23H,5-7,9-15,19,21H2,1-3H3,(H,40,46)(H,41,47)/t23-/m0/s1. The number of carbonyl (C=O) groups is 2. The first kappa shape index (κ1) is 32.4. The molecule has 262 valence electrons. The minimum atomic E-state index is -0.653. The van der Waals surface area contributed by atoms with E-state index in [0.29, 0.717) is 61.9 Å². The molecule has 11 nitrogen and oxygen atoms in total. The Morgan fingerprint density at radius 3 is 2.72 bits per heavy atom. The van der Waals surface area contributed by atoms with Crippen LogP contribution in [0.3, 0.4) is 0 Å². The molecule has 50 heavy (non-hydrogen) atoms. The molecule has 5 aliphatic rings. The molecule has 0 bridgehead atoms. The number of nitrogens with one attached hydrogen (secondary N) is 2. The Hall–Kier alpha value is -4.84. The van der Waals surface area contributed by atoms with Gasteiger partial charge in [-0.2, -0.15) is 0 Å². The van der Waals surface area contributed by atoms with E-state index < -0.39 is 28.8 Å². The first-order valence-electron chi connectivity index (χ1n) is 17.6. The van der Waals surface area contributed by atoms with Gasteiger partial charge in [-0.1, -0.05) is 12.2 Å². The van der Waals surface area contributed by atoms with E-state index in [-0.39, 0.29) is 28.4 Å². The van der Waals surface area contributed by atoms with Crippen LogP contribution >= 0.6 is 0 Å². The number of anilines is 1. The Morgan fingerprint density at radius 1 is 1.10 bits per heavy atom.